The Morgan fingerprint density at radius 2 is 1.33 bits per heavy atom. The first-order valence-corrected chi connectivity index (χ1v) is 16.9. The number of hydrogen-bond acceptors (Lipinski definition) is 2. The van der Waals surface area contributed by atoms with Gasteiger partial charge in [0.15, 0.2) is 0 Å². The Labute approximate surface area is 281 Å². The topological polar surface area (TPSA) is 35.9 Å². The SMILES string of the molecule is C1=CCC(c2cc(-n3c4ccccc4c4cc5c6c7oc8ccccc8c7ccc6n(-c6ccccc6)c5cc43)nc3ccccc23)C=C1. The standard InChI is InChI=1S/C45H29N3O/c1-3-13-28(14-4-1)34-26-43(46-37-20-10-7-17-30(34)37)48-38-21-11-8-18-31(38)35-25-36-41(27-40(35)48)47(29-15-5-2-6-16-29)39-24-23-33-32-19-9-12-22-42(32)49-45(33)44(36)39/h1-13,15-28H,14H2. The number of hydrogen-bond donors (Lipinski definition) is 0. The molecule has 0 N–H and O–H groups in total. The lowest BCUT2D eigenvalue weighted by molar-refractivity contribution is 0.673. The molecule has 0 saturated carbocycles. The maximum absolute atomic E-state index is 6.67. The van der Waals surface area contributed by atoms with E-state index >= 15 is 0 Å². The molecule has 1 aliphatic carbocycles. The fraction of sp³-hybridized carbons (Fsp3) is 0.0444. The van der Waals surface area contributed by atoms with Crippen LogP contribution < -0.4 is 0 Å². The van der Waals surface area contributed by atoms with Gasteiger partial charge in [-0.05, 0) is 72.6 Å². The number of nitrogens with zero attached hydrogens (tertiary/aromatic N) is 3. The van der Waals surface area contributed by atoms with E-state index in [1.54, 1.807) is 0 Å². The lowest BCUT2D eigenvalue weighted by atomic mass is 9.90. The van der Waals surface area contributed by atoms with Crippen LogP contribution in [0.25, 0.3) is 88.0 Å². The van der Waals surface area contributed by atoms with E-state index in [0.29, 0.717) is 5.92 Å². The molecule has 230 valence electrons. The summed E-state index contributed by atoms with van der Waals surface area (Å²) < 4.78 is 11.4. The molecule has 6 aromatic carbocycles. The molecule has 1 unspecified atom stereocenters. The maximum atomic E-state index is 6.67. The lowest BCUT2D eigenvalue weighted by Crippen LogP contribution is -2.04. The lowest BCUT2D eigenvalue weighted by Gasteiger charge is -2.18. The number of benzene rings is 6. The van der Waals surface area contributed by atoms with Crippen molar-refractivity contribution in [3.8, 4) is 11.5 Å². The Balaban J connectivity index is 1.29. The van der Waals surface area contributed by atoms with Crippen LogP contribution in [0.15, 0.2) is 162 Å². The third kappa shape index (κ3) is 3.77. The number of fused-ring (bicyclic) bond motifs is 11. The van der Waals surface area contributed by atoms with Crippen LogP contribution in [0.1, 0.15) is 17.9 Å². The van der Waals surface area contributed by atoms with Crippen LogP contribution in [-0.2, 0) is 0 Å². The van der Waals surface area contributed by atoms with Crippen molar-refractivity contribution >= 4 is 76.5 Å². The number of rotatable bonds is 3. The Morgan fingerprint density at radius 1 is 0.551 bits per heavy atom. The first-order valence-electron chi connectivity index (χ1n) is 16.9. The average Bonchev–Trinajstić information content (AvgIpc) is 3.81. The Morgan fingerprint density at radius 3 is 2.20 bits per heavy atom. The average molecular weight is 628 g/mol. The molecule has 4 heteroatoms. The molecule has 4 nitrogen and oxygen atoms in total. The van der Waals surface area contributed by atoms with Gasteiger partial charge >= 0.3 is 0 Å². The van der Waals surface area contributed by atoms with Crippen molar-refractivity contribution in [3.63, 3.8) is 0 Å². The molecule has 4 aromatic heterocycles. The van der Waals surface area contributed by atoms with Crippen molar-refractivity contribution in [1.29, 1.82) is 0 Å². The van der Waals surface area contributed by atoms with Gasteiger partial charge in [-0.25, -0.2) is 4.98 Å². The van der Waals surface area contributed by atoms with Crippen LogP contribution in [0, 0.1) is 0 Å². The van der Waals surface area contributed by atoms with Crippen LogP contribution in [0.3, 0.4) is 0 Å². The second-order valence-corrected chi connectivity index (χ2v) is 13.1. The van der Waals surface area contributed by atoms with Gasteiger partial charge in [0.05, 0.1) is 33.0 Å². The van der Waals surface area contributed by atoms with Crippen LogP contribution in [0.5, 0.6) is 0 Å². The van der Waals surface area contributed by atoms with Gasteiger partial charge in [0, 0.05) is 43.9 Å². The molecule has 10 aromatic rings. The molecule has 0 radical (unpaired) electrons. The summed E-state index contributed by atoms with van der Waals surface area (Å²) in [5, 5.41) is 8.18. The zero-order chi connectivity index (χ0) is 32.1. The van der Waals surface area contributed by atoms with Crippen molar-refractivity contribution in [2.75, 3.05) is 0 Å². The van der Waals surface area contributed by atoms with Crippen molar-refractivity contribution in [2.45, 2.75) is 12.3 Å². The van der Waals surface area contributed by atoms with E-state index in [2.05, 4.69) is 161 Å². The highest BCUT2D eigenvalue weighted by Crippen LogP contribution is 2.44. The molecule has 4 heterocycles. The Kier molecular flexibility index (Phi) is 5.47. The quantitative estimate of drug-likeness (QED) is 0.195. The monoisotopic (exact) mass is 627 g/mol. The molecule has 0 aliphatic heterocycles. The summed E-state index contributed by atoms with van der Waals surface area (Å²) >= 11 is 0. The van der Waals surface area contributed by atoms with Crippen molar-refractivity contribution in [2.24, 2.45) is 0 Å². The minimum absolute atomic E-state index is 0.295. The minimum atomic E-state index is 0.295. The highest BCUT2D eigenvalue weighted by Gasteiger charge is 2.23. The smallest absolute Gasteiger partial charge is 0.145 e. The molecular formula is C45H29N3O. The second kappa shape index (κ2) is 10.1. The summed E-state index contributed by atoms with van der Waals surface area (Å²) in [7, 11) is 0. The van der Waals surface area contributed by atoms with E-state index in [0.717, 1.165) is 72.8 Å². The van der Waals surface area contributed by atoms with E-state index in [9.17, 15) is 0 Å². The van der Waals surface area contributed by atoms with Gasteiger partial charge in [0.2, 0.25) is 0 Å². The number of aromatic nitrogens is 3. The van der Waals surface area contributed by atoms with Gasteiger partial charge in [0.1, 0.15) is 17.0 Å². The molecule has 0 fully saturated rings. The Bertz CT molecular complexity index is 3030. The zero-order valence-corrected chi connectivity index (χ0v) is 26.5. The van der Waals surface area contributed by atoms with Gasteiger partial charge < -0.3 is 8.98 Å². The van der Waals surface area contributed by atoms with Gasteiger partial charge in [-0.15, -0.1) is 0 Å². The molecule has 49 heavy (non-hydrogen) atoms. The molecule has 11 rings (SSSR count). The summed E-state index contributed by atoms with van der Waals surface area (Å²) in [5.74, 6) is 1.23. The normalized spacial score (nSPS) is 14.9. The van der Waals surface area contributed by atoms with Crippen LogP contribution >= 0.6 is 0 Å². The Hall–Kier alpha value is -6.39. The molecule has 1 atom stereocenters. The van der Waals surface area contributed by atoms with E-state index in [1.165, 1.54) is 27.1 Å². The molecule has 0 amide bonds. The third-order valence-corrected chi connectivity index (χ3v) is 10.4. The molecule has 0 spiro atoms. The summed E-state index contributed by atoms with van der Waals surface area (Å²) in [5.41, 5.74) is 9.79. The van der Waals surface area contributed by atoms with E-state index in [1.807, 2.05) is 6.07 Å². The summed E-state index contributed by atoms with van der Waals surface area (Å²) in [6.07, 6.45) is 9.87. The number of para-hydroxylation sites is 4. The molecule has 0 bridgehead atoms. The van der Waals surface area contributed by atoms with Gasteiger partial charge in [-0.1, -0.05) is 97.1 Å². The van der Waals surface area contributed by atoms with Gasteiger partial charge in [0.25, 0.3) is 0 Å². The predicted octanol–water partition coefficient (Wildman–Crippen LogP) is 11.9. The summed E-state index contributed by atoms with van der Waals surface area (Å²) in [4.78, 5) is 5.34. The largest absolute Gasteiger partial charge is 0.455 e. The van der Waals surface area contributed by atoms with Crippen molar-refractivity contribution in [3.05, 3.63) is 163 Å². The van der Waals surface area contributed by atoms with Gasteiger partial charge in [-0.2, -0.15) is 0 Å². The molecular weight excluding hydrogens is 599 g/mol. The number of furan rings is 1. The van der Waals surface area contributed by atoms with E-state index in [4.69, 9.17) is 9.40 Å². The molecule has 1 aliphatic rings. The first kappa shape index (κ1) is 26.7. The minimum Gasteiger partial charge on any atom is -0.455 e. The fourth-order valence-electron chi connectivity index (χ4n) is 8.27. The molecule has 0 saturated heterocycles. The van der Waals surface area contributed by atoms with Crippen molar-refractivity contribution in [1.82, 2.24) is 14.1 Å². The summed E-state index contributed by atoms with van der Waals surface area (Å²) in [6.45, 7) is 0. The van der Waals surface area contributed by atoms with Crippen LogP contribution in [0.4, 0.5) is 0 Å². The van der Waals surface area contributed by atoms with E-state index in [-0.39, 0.29) is 0 Å². The second-order valence-electron chi connectivity index (χ2n) is 13.1. The third-order valence-electron chi connectivity index (χ3n) is 10.4. The maximum Gasteiger partial charge on any atom is 0.145 e. The van der Waals surface area contributed by atoms with Crippen LogP contribution in [0.2, 0.25) is 0 Å². The summed E-state index contributed by atoms with van der Waals surface area (Å²) in [6, 6.07) is 47.8. The predicted molar refractivity (Wildman–Crippen MR) is 203 cm³/mol. The van der Waals surface area contributed by atoms with Crippen LogP contribution in [-0.4, -0.2) is 14.1 Å². The van der Waals surface area contributed by atoms with E-state index < -0.39 is 0 Å². The highest BCUT2D eigenvalue weighted by atomic mass is 16.3. The zero-order valence-electron chi connectivity index (χ0n) is 26.5. The fourth-order valence-corrected chi connectivity index (χ4v) is 8.27. The van der Waals surface area contributed by atoms with Crippen molar-refractivity contribution < 1.29 is 4.42 Å². The number of pyridine rings is 1. The number of allylic oxidation sites excluding steroid dienone is 4. The highest BCUT2D eigenvalue weighted by molar-refractivity contribution is 6.26. The van der Waals surface area contributed by atoms with Gasteiger partial charge in [-0.3, -0.25) is 4.57 Å². The first-order chi connectivity index (χ1) is 24.3.